The predicted molar refractivity (Wildman–Crippen MR) is 63.6 cm³/mol. The van der Waals surface area contributed by atoms with Crippen LogP contribution >= 0.6 is 0 Å². The average Bonchev–Trinajstić information content (AvgIpc) is 2.65. The number of hydrogen-bond acceptors (Lipinski definition) is 4. The zero-order valence-corrected chi connectivity index (χ0v) is 13.8. The number of hydroxylamine groups is 1. The van der Waals surface area contributed by atoms with Crippen LogP contribution in [0.3, 0.4) is 0 Å². The monoisotopic (exact) mass is 328 g/mol. The molecule has 0 amide bonds. The van der Waals surface area contributed by atoms with E-state index in [1.54, 1.807) is 0 Å². The summed E-state index contributed by atoms with van der Waals surface area (Å²) in [6, 6.07) is -0.704. The number of carboxylic acids is 1. The maximum atomic E-state index is 10.9. The Morgan fingerprint density at radius 1 is 1.67 bits per heavy atom. The van der Waals surface area contributed by atoms with Crippen LogP contribution in [-0.2, 0) is 42.3 Å². The van der Waals surface area contributed by atoms with Crippen molar-refractivity contribution in [3.05, 3.63) is 6.42 Å². The molecule has 99 valence electrons. The SMILES string of the molecule is C#CONC([C@H]1[CH-]C[C@H](C(=O)O)N1)C(C)(C)C.[Y]. The quantitative estimate of drug-likeness (QED) is 0.399. The first-order valence-electron chi connectivity index (χ1n) is 5.55. The first kappa shape index (κ1) is 17.9. The van der Waals surface area contributed by atoms with Crippen molar-refractivity contribution in [1.29, 1.82) is 0 Å². The number of rotatable bonds is 4. The molecule has 1 heterocycles. The van der Waals surface area contributed by atoms with E-state index < -0.39 is 12.0 Å². The van der Waals surface area contributed by atoms with Gasteiger partial charge in [0.15, 0.2) is 0 Å². The van der Waals surface area contributed by atoms with Crippen molar-refractivity contribution >= 4 is 5.97 Å². The fourth-order valence-corrected chi connectivity index (χ4v) is 1.94. The molecule has 1 fully saturated rings. The number of aliphatic carboxylic acids is 1. The third-order valence-electron chi connectivity index (χ3n) is 2.85. The molecule has 1 aliphatic heterocycles. The van der Waals surface area contributed by atoms with Crippen LogP contribution < -0.4 is 10.8 Å². The summed E-state index contributed by atoms with van der Waals surface area (Å²) in [7, 11) is 0. The summed E-state index contributed by atoms with van der Waals surface area (Å²) >= 11 is 0. The third kappa shape index (κ3) is 4.85. The molecular formula is C12H19N2O3Y-. The van der Waals surface area contributed by atoms with Crippen LogP contribution in [0.5, 0.6) is 0 Å². The van der Waals surface area contributed by atoms with E-state index in [-0.39, 0.29) is 50.2 Å². The summed E-state index contributed by atoms with van der Waals surface area (Å²) in [5.41, 5.74) is 2.68. The largest absolute Gasteiger partial charge is 0.480 e. The molecule has 0 saturated carbocycles. The Morgan fingerprint density at radius 3 is 2.67 bits per heavy atom. The van der Waals surface area contributed by atoms with E-state index >= 15 is 0 Å². The minimum atomic E-state index is -0.839. The minimum absolute atomic E-state index is 0. The second-order valence-electron chi connectivity index (χ2n) is 5.24. The van der Waals surface area contributed by atoms with Gasteiger partial charge in [0.1, 0.15) is 6.11 Å². The topological polar surface area (TPSA) is 70.6 Å². The molecule has 0 aliphatic carbocycles. The van der Waals surface area contributed by atoms with Gasteiger partial charge >= 0.3 is 5.97 Å². The molecular weight excluding hydrogens is 309 g/mol. The predicted octanol–water partition coefficient (Wildman–Crippen LogP) is 0.530. The Hall–Kier alpha value is -0.146. The van der Waals surface area contributed by atoms with Gasteiger partial charge in [-0.3, -0.25) is 4.79 Å². The van der Waals surface area contributed by atoms with Crippen LogP contribution in [0, 0.1) is 24.4 Å². The molecule has 0 aromatic rings. The maximum Gasteiger partial charge on any atom is 0.317 e. The Bertz CT molecular complexity index is 322. The molecule has 1 unspecified atom stereocenters. The van der Waals surface area contributed by atoms with E-state index in [9.17, 15) is 4.79 Å². The summed E-state index contributed by atoms with van der Waals surface area (Å²) in [6.07, 6.45) is 9.54. The number of nitrogens with one attached hydrogen (secondary N) is 2. The van der Waals surface area contributed by atoms with E-state index in [0.29, 0.717) is 6.42 Å². The molecule has 1 aliphatic rings. The van der Waals surface area contributed by atoms with Gasteiger partial charge in [-0.15, -0.1) is 5.48 Å². The third-order valence-corrected chi connectivity index (χ3v) is 2.85. The van der Waals surface area contributed by atoms with Gasteiger partial charge in [0, 0.05) is 38.8 Å². The molecule has 0 aromatic carbocycles. The van der Waals surface area contributed by atoms with E-state index in [4.69, 9.17) is 16.4 Å². The van der Waals surface area contributed by atoms with Crippen LogP contribution in [0.2, 0.25) is 0 Å². The van der Waals surface area contributed by atoms with Crippen LogP contribution in [0.4, 0.5) is 0 Å². The molecule has 0 spiro atoms. The van der Waals surface area contributed by atoms with Crippen molar-refractivity contribution in [2.45, 2.75) is 45.3 Å². The van der Waals surface area contributed by atoms with Gasteiger partial charge in [-0.25, -0.2) is 0 Å². The minimum Gasteiger partial charge on any atom is -0.480 e. The van der Waals surface area contributed by atoms with Crippen molar-refractivity contribution < 1.29 is 47.4 Å². The maximum absolute atomic E-state index is 10.9. The number of hydrogen-bond donors (Lipinski definition) is 3. The first-order chi connectivity index (χ1) is 7.86. The van der Waals surface area contributed by atoms with Gasteiger partial charge in [-0.2, -0.15) is 6.42 Å². The molecule has 1 radical (unpaired) electrons. The first-order valence-corrected chi connectivity index (χ1v) is 5.55. The number of terminal acetylenes is 1. The van der Waals surface area contributed by atoms with Gasteiger partial charge in [0.25, 0.3) is 0 Å². The van der Waals surface area contributed by atoms with Gasteiger partial charge in [0.05, 0.1) is 6.04 Å². The van der Waals surface area contributed by atoms with Gasteiger partial charge in [-0.05, 0) is 5.41 Å². The normalized spacial score (nSPS) is 24.8. The second kappa shape index (κ2) is 7.44. The van der Waals surface area contributed by atoms with E-state index in [0.717, 1.165) is 0 Å². The van der Waals surface area contributed by atoms with Crippen LogP contribution in [0.1, 0.15) is 27.2 Å². The van der Waals surface area contributed by atoms with Crippen molar-refractivity contribution in [1.82, 2.24) is 10.8 Å². The summed E-state index contributed by atoms with van der Waals surface area (Å²) in [4.78, 5) is 15.7. The zero-order valence-electron chi connectivity index (χ0n) is 10.9. The molecule has 0 aromatic heterocycles. The van der Waals surface area contributed by atoms with Gasteiger partial charge in [-0.1, -0.05) is 33.2 Å². The Morgan fingerprint density at radius 2 is 2.28 bits per heavy atom. The fraction of sp³-hybridized carbons (Fsp3) is 0.667. The molecule has 3 atom stereocenters. The van der Waals surface area contributed by atoms with E-state index in [2.05, 4.69) is 16.9 Å². The number of carbonyl (C=O) groups is 1. The summed E-state index contributed by atoms with van der Waals surface area (Å²) in [6.45, 7) is 6.11. The van der Waals surface area contributed by atoms with Crippen molar-refractivity contribution in [3.8, 4) is 12.5 Å². The van der Waals surface area contributed by atoms with Crippen LogP contribution in [0.15, 0.2) is 0 Å². The standard InChI is InChI=1S/C12H19N2O3.Y/c1-5-17-14-10(12(2,3)4)8-6-7-9(13-8)11(15)16;/h1,6,8-10,13-14H,7H2,2-4H3,(H,15,16);/q-1;/t8-,9-,10?;/m1./s1. The molecule has 1 rings (SSSR count). The smallest absolute Gasteiger partial charge is 0.317 e. The molecule has 1 saturated heterocycles. The van der Waals surface area contributed by atoms with E-state index in [1.165, 1.54) is 0 Å². The summed E-state index contributed by atoms with van der Waals surface area (Å²) < 4.78 is 0. The van der Waals surface area contributed by atoms with Crippen LogP contribution in [-0.4, -0.2) is 29.2 Å². The molecule has 18 heavy (non-hydrogen) atoms. The van der Waals surface area contributed by atoms with E-state index in [1.807, 2.05) is 27.2 Å². The van der Waals surface area contributed by atoms with Crippen LogP contribution in [0.25, 0.3) is 0 Å². The van der Waals surface area contributed by atoms with Crippen molar-refractivity contribution in [2.24, 2.45) is 5.41 Å². The van der Waals surface area contributed by atoms with Crippen molar-refractivity contribution in [2.75, 3.05) is 0 Å². The van der Waals surface area contributed by atoms with Gasteiger partial charge in [0.2, 0.25) is 0 Å². The fourth-order valence-electron chi connectivity index (χ4n) is 1.94. The average molecular weight is 328 g/mol. The van der Waals surface area contributed by atoms with Crippen molar-refractivity contribution in [3.63, 3.8) is 0 Å². The molecule has 5 nitrogen and oxygen atoms in total. The van der Waals surface area contributed by atoms with Gasteiger partial charge < -0.3 is 21.7 Å². The summed E-state index contributed by atoms with van der Waals surface area (Å²) in [5.74, 6) is -0.839. The Kier molecular flexibility index (Phi) is 7.38. The zero-order chi connectivity index (χ0) is 13.1. The molecule has 3 N–H and O–H groups in total. The Labute approximate surface area is 133 Å². The number of carboxylic acid groups (broad SMARTS) is 1. The summed E-state index contributed by atoms with van der Waals surface area (Å²) in [5, 5.41) is 12.0. The molecule has 6 heteroatoms. The second-order valence-corrected chi connectivity index (χ2v) is 5.24. The molecule has 0 bridgehead atoms. The Balaban J connectivity index is 0.00000289.